The lowest BCUT2D eigenvalue weighted by molar-refractivity contribution is 0.395. The molecule has 0 aromatic heterocycles. The van der Waals surface area contributed by atoms with E-state index in [9.17, 15) is 8.42 Å². The average molecular weight is 356 g/mol. The first-order valence-corrected chi connectivity index (χ1v) is 8.73. The molecule has 124 valence electrons. The summed E-state index contributed by atoms with van der Waals surface area (Å²) in [6.45, 7) is 1.74. The third kappa shape index (κ3) is 4.16. The molecular weight excluding hydrogens is 338 g/mol. The van der Waals surface area contributed by atoms with Crippen LogP contribution >= 0.6 is 11.6 Å². The molecule has 0 aliphatic heterocycles. The quantitative estimate of drug-likeness (QED) is 0.862. The van der Waals surface area contributed by atoms with Gasteiger partial charge in [-0.15, -0.1) is 0 Å². The molecule has 0 heterocycles. The van der Waals surface area contributed by atoms with Crippen LogP contribution in [0.25, 0.3) is 0 Å². The maximum absolute atomic E-state index is 12.5. The first kappa shape index (κ1) is 17.6. The van der Waals surface area contributed by atoms with E-state index < -0.39 is 16.1 Å². The molecule has 0 bridgehead atoms. The first-order valence-electron chi connectivity index (χ1n) is 6.87. The van der Waals surface area contributed by atoms with Crippen LogP contribution in [0.5, 0.6) is 11.5 Å². The molecule has 0 radical (unpaired) electrons. The van der Waals surface area contributed by atoms with Gasteiger partial charge in [-0.2, -0.15) is 0 Å². The largest absolute Gasteiger partial charge is 0.497 e. The second-order valence-electron chi connectivity index (χ2n) is 4.91. The summed E-state index contributed by atoms with van der Waals surface area (Å²) in [5, 5.41) is 0.361. The maximum atomic E-state index is 12.5. The highest BCUT2D eigenvalue weighted by atomic mass is 35.5. The van der Waals surface area contributed by atoms with Crippen LogP contribution in [0, 0.1) is 0 Å². The number of ether oxygens (including phenoxy) is 2. The van der Waals surface area contributed by atoms with Crippen molar-refractivity contribution in [2.45, 2.75) is 17.9 Å². The van der Waals surface area contributed by atoms with Crippen LogP contribution in [0.15, 0.2) is 47.4 Å². The van der Waals surface area contributed by atoms with Gasteiger partial charge in [0.1, 0.15) is 11.5 Å². The molecule has 0 amide bonds. The Morgan fingerprint density at radius 2 is 1.83 bits per heavy atom. The number of sulfonamides is 1. The van der Waals surface area contributed by atoms with Gasteiger partial charge in [0.2, 0.25) is 10.0 Å². The Bertz CT molecular complexity index is 792. The van der Waals surface area contributed by atoms with E-state index in [2.05, 4.69) is 4.72 Å². The molecule has 2 rings (SSSR count). The summed E-state index contributed by atoms with van der Waals surface area (Å²) in [5.74, 6) is 1.20. The Morgan fingerprint density at radius 3 is 2.43 bits per heavy atom. The SMILES string of the molecule is COc1ccc(OC)c(C(C)NS(=O)(=O)c2cccc(Cl)c2)c1. The van der Waals surface area contributed by atoms with Gasteiger partial charge in [0.25, 0.3) is 0 Å². The zero-order chi connectivity index (χ0) is 17.0. The molecule has 0 aliphatic rings. The highest BCUT2D eigenvalue weighted by Gasteiger charge is 2.21. The molecule has 7 heteroatoms. The van der Waals surface area contributed by atoms with E-state index in [-0.39, 0.29) is 4.90 Å². The number of hydrogen-bond donors (Lipinski definition) is 1. The van der Waals surface area contributed by atoms with Gasteiger partial charge < -0.3 is 9.47 Å². The van der Waals surface area contributed by atoms with Gasteiger partial charge in [-0.1, -0.05) is 17.7 Å². The molecule has 0 saturated heterocycles. The Kier molecular flexibility index (Phi) is 5.51. The van der Waals surface area contributed by atoms with Crippen LogP contribution in [-0.2, 0) is 10.0 Å². The molecule has 23 heavy (non-hydrogen) atoms. The van der Waals surface area contributed by atoms with Crippen LogP contribution in [0.3, 0.4) is 0 Å². The summed E-state index contributed by atoms with van der Waals surface area (Å²) in [6, 6.07) is 10.8. The molecule has 1 N–H and O–H groups in total. The molecule has 1 unspecified atom stereocenters. The normalized spacial score (nSPS) is 12.7. The summed E-state index contributed by atoms with van der Waals surface area (Å²) < 4.78 is 38.1. The zero-order valence-electron chi connectivity index (χ0n) is 13.0. The molecule has 2 aromatic rings. The second-order valence-corrected chi connectivity index (χ2v) is 7.06. The molecule has 0 aliphatic carbocycles. The fourth-order valence-corrected chi connectivity index (χ4v) is 3.70. The molecule has 0 saturated carbocycles. The highest BCUT2D eigenvalue weighted by molar-refractivity contribution is 7.89. The number of benzene rings is 2. The Labute approximate surface area is 141 Å². The Morgan fingerprint density at radius 1 is 1.09 bits per heavy atom. The van der Waals surface area contributed by atoms with Crippen molar-refractivity contribution in [3.05, 3.63) is 53.1 Å². The molecule has 1 atom stereocenters. The summed E-state index contributed by atoms with van der Waals surface area (Å²) in [4.78, 5) is 0.110. The van der Waals surface area contributed by atoms with Crippen molar-refractivity contribution in [2.75, 3.05) is 14.2 Å². The van der Waals surface area contributed by atoms with Crippen LogP contribution in [-0.4, -0.2) is 22.6 Å². The van der Waals surface area contributed by atoms with Crippen molar-refractivity contribution < 1.29 is 17.9 Å². The number of rotatable bonds is 6. The fraction of sp³-hybridized carbons (Fsp3) is 0.250. The minimum Gasteiger partial charge on any atom is -0.497 e. The smallest absolute Gasteiger partial charge is 0.241 e. The number of halogens is 1. The van der Waals surface area contributed by atoms with Gasteiger partial charge in [-0.25, -0.2) is 13.1 Å². The van der Waals surface area contributed by atoms with Gasteiger partial charge >= 0.3 is 0 Å². The highest BCUT2D eigenvalue weighted by Crippen LogP contribution is 2.30. The van der Waals surface area contributed by atoms with E-state index in [4.69, 9.17) is 21.1 Å². The standard InChI is InChI=1S/C16H18ClNO4S/c1-11(15-10-13(21-2)7-8-16(15)22-3)18-23(19,20)14-6-4-5-12(17)9-14/h4-11,18H,1-3H3. The van der Waals surface area contributed by atoms with Crippen molar-refractivity contribution in [1.82, 2.24) is 4.72 Å². The topological polar surface area (TPSA) is 64.6 Å². The molecular formula is C16H18ClNO4S. The molecule has 5 nitrogen and oxygen atoms in total. The minimum absolute atomic E-state index is 0.110. The molecule has 0 spiro atoms. The Balaban J connectivity index is 2.33. The third-order valence-corrected chi connectivity index (χ3v) is 5.12. The number of methoxy groups -OCH3 is 2. The van der Waals surface area contributed by atoms with Crippen molar-refractivity contribution in [2.24, 2.45) is 0 Å². The monoisotopic (exact) mass is 355 g/mol. The van der Waals surface area contributed by atoms with E-state index in [1.165, 1.54) is 19.2 Å². The van der Waals surface area contributed by atoms with Crippen molar-refractivity contribution in [1.29, 1.82) is 0 Å². The predicted octanol–water partition coefficient (Wildman–Crippen LogP) is 3.40. The minimum atomic E-state index is -3.71. The number of nitrogens with one attached hydrogen (secondary N) is 1. The van der Waals surface area contributed by atoms with Crippen LogP contribution in [0.4, 0.5) is 0 Å². The van der Waals surface area contributed by atoms with E-state index >= 15 is 0 Å². The number of hydrogen-bond acceptors (Lipinski definition) is 4. The van der Waals surface area contributed by atoms with Crippen LogP contribution in [0.2, 0.25) is 5.02 Å². The van der Waals surface area contributed by atoms with Crippen molar-refractivity contribution in [3.63, 3.8) is 0 Å². The van der Waals surface area contributed by atoms with E-state index in [1.807, 2.05) is 0 Å². The summed E-state index contributed by atoms with van der Waals surface area (Å²) in [6.07, 6.45) is 0. The average Bonchev–Trinajstić information content (AvgIpc) is 2.53. The van der Waals surface area contributed by atoms with Crippen LogP contribution < -0.4 is 14.2 Å². The van der Waals surface area contributed by atoms with Crippen molar-refractivity contribution in [3.8, 4) is 11.5 Å². The lowest BCUT2D eigenvalue weighted by atomic mass is 10.1. The Hall–Kier alpha value is -1.76. The molecule has 0 fully saturated rings. The summed E-state index contributed by atoms with van der Waals surface area (Å²) in [5.41, 5.74) is 0.678. The van der Waals surface area contributed by atoms with E-state index in [1.54, 1.807) is 44.4 Å². The predicted molar refractivity (Wildman–Crippen MR) is 89.7 cm³/mol. The van der Waals surface area contributed by atoms with Crippen LogP contribution in [0.1, 0.15) is 18.5 Å². The lowest BCUT2D eigenvalue weighted by Crippen LogP contribution is -2.27. The first-order chi connectivity index (χ1) is 10.9. The van der Waals surface area contributed by atoms with Gasteiger partial charge in [0.05, 0.1) is 19.1 Å². The summed E-state index contributed by atoms with van der Waals surface area (Å²) >= 11 is 5.86. The maximum Gasteiger partial charge on any atom is 0.241 e. The van der Waals surface area contributed by atoms with E-state index in [0.717, 1.165) is 0 Å². The van der Waals surface area contributed by atoms with E-state index in [0.29, 0.717) is 22.1 Å². The fourth-order valence-electron chi connectivity index (χ4n) is 2.18. The van der Waals surface area contributed by atoms with Gasteiger partial charge in [0, 0.05) is 16.6 Å². The van der Waals surface area contributed by atoms with Gasteiger partial charge in [0.15, 0.2) is 0 Å². The summed E-state index contributed by atoms with van der Waals surface area (Å²) in [7, 11) is -0.626. The molecule has 2 aromatic carbocycles. The lowest BCUT2D eigenvalue weighted by Gasteiger charge is -2.18. The second kappa shape index (κ2) is 7.21. The van der Waals surface area contributed by atoms with Gasteiger partial charge in [-0.05, 0) is 43.3 Å². The van der Waals surface area contributed by atoms with Crippen molar-refractivity contribution >= 4 is 21.6 Å². The van der Waals surface area contributed by atoms with Gasteiger partial charge in [-0.3, -0.25) is 0 Å². The third-order valence-electron chi connectivity index (χ3n) is 3.34. The zero-order valence-corrected chi connectivity index (χ0v) is 14.6.